The van der Waals surface area contributed by atoms with Crippen molar-refractivity contribution >= 4 is 17.1 Å². The molecule has 0 radical (unpaired) electrons. The van der Waals surface area contributed by atoms with Crippen molar-refractivity contribution in [1.29, 1.82) is 0 Å². The van der Waals surface area contributed by atoms with Crippen molar-refractivity contribution in [3.63, 3.8) is 0 Å². The van der Waals surface area contributed by atoms with E-state index in [9.17, 15) is 9.59 Å². The Kier molecular flexibility index (Phi) is 3.02. The molecule has 3 heterocycles. The van der Waals surface area contributed by atoms with Gasteiger partial charge in [0.05, 0.1) is 5.52 Å². The van der Waals surface area contributed by atoms with E-state index in [0.29, 0.717) is 11.2 Å². The number of fused-ring (bicyclic) bond motifs is 1. The molecule has 0 aromatic carbocycles. The number of nitrogens with zero attached hydrogens (tertiary/aromatic N) is 4. The van der Waals surface area contributed by atoms with E-state index >= 15 is 0 Å². The predicted octanol–water partition coefficient (Wildman–Crippen LogP) is 0.282. The van der Waals surface area contributed by atoms with E-state index in [-0.39, 0.29) is 12.2 Å². The number of hydrogen-bond donors (Lipinski definition) is 1. The topological polar surface area (TPSA) is 95.8 Å². The van der Waals surface area contributed by atoms with Gasteiger partial charge >= 0.3 is 5.69 Å². The van der Waals surface area contributed by atoms with Crippen LogP contribution in [0.25, 0.3) is 22.3 Å². The summed E-state index contributed by atoms with van der Waals surface area (Å²) in [5.41, 5.74) is 7.67. The van der Waals surface area contributed by atoms with E-state index in [1.807, 2.05) is 18.2 Å². The number of amides is 1. The normalized spacial score (nSPS) is 10.9. The first-order chi connectivity index (χ1) is 10.1. The van der Waals surface area contributed by atoms with Gasteiger partial charge in [0.2, 0.25) is 5.91 Å². The second-order valence-electron chi connectivity index (χ2n) is 4.70. The summed E-state index contributed by atoms with van der Waals surface area (Å²) in [6, 6.07) is 5.53. The van der Waals surface area contributed by atoms with Crippen molar-refractivity contribution in [3.8, 4) is 11.1 Å². The number of carbonyl (C=O) groups excluding carboxylic acids is 1. The molecule has 0 bridgehead atoms. The minimum absolute atomic E-state index is 0.172. The molecular weight excluding hydrogens is 270 g/mol. The summed E-state index contributed by atoms with van der Waals surface area (Å²) in [7, 11) is 1.61. The second-order valence-corrected chi connectivity index (χ2v) is 4.70. The first-order valence-electron chi connectivity index (χ1n) is 6.32. The van der Waals surface area contributed by atoms with Gasteiger partial charge < -0.3 is 5.73 Å². The molecule has 0 unspecified atom stereocenters. The lowest BCUT2D eigenvalue weighted by molar-refractivity contribution is -0.118. The Morgan fingerprint density at radius 1 is 1.33 bits per heavy atom. The quantitative estimate of drug-likeness (QED) is 0.747. The highest BCUT2D eigenvalue weighted by Crippen LogP contribution is 2.21. The van der Waals surface area contributed by atoms with Crippen LogP contribution in [0.3, 0.4) is 0 Å². The Morgan fingerprint density at radius 2 is 2.14 bits per heavy atom. The highest BCUT2D eigenvalue weighted by atomic mass is 16.2. The number of aromatic nitrogens is 4. The van der Waals surface area contributed by atoms with E-state index in [0.717, 1.165) is 11.1 Å². The molecule has 7 heteroatoms. The number of rotatable bonds is 3. The van der Waals surface area contributed by atoms with Crippen LogP contribution >= 0.6 is 0 Å². The molecule has 3 aromatic rings. The Bertz CT molecular complexity index is 880. The lowest BCUT2D eigenvalue weighted by Gasteiger charge is -2.03. The Morgan fingerprint density at radius 3 is 2.81 bits per heavy atom. The standard InChI is InChI=1S/C14H13N5O2/c1-18-13-11(19(14(18)21)8-12(15)20)5-10(7-17-13)9-3-2-4-16-6-9/h2-7H,8H2,1H3,(H2,15,20). The van der Waals surface area contributed by atoms with Crippen LogP contribution in [0.4, 0.5) is 0 Å². The third kappa shape index (κ3) is 2.18. The Hall–Kier alpha value is -2.96. The number of aryl methyl sites for hydroxylation is 1. The molecule has 0 atom stereocenters. The van der Waals surface area contributed by atoms with Gasteiger partial charge in [0.25, 0.3) is 0 Å². The van der Waals surface area contributed by atoms with Crippen LogP contribution < -0.4 is 11.4 Å². The van der Waals surface area contributed by atoms with E-state index in [1.54, 1.807) is 25.6 Å². The Labute approximate surface area is 119 Å². The molecule has 0 aliphatic heterocycles. The van der Waals surface area contributed by atoms with Crippen LogP contribution in [0.2, 0.25) is 0 Å². The van der Waals surface area contributed by atoms with Crippen LogP contribution in [0.15, 0.2) is 41.6 Å². The number of carbonyl (C=O) groups is 1. The van der Waals surface area contributed by atoms with Crippen molar-refractivity contribution in [1.82, 2.24) is 19.1 Å². The predicted molar refractivity (Wildman–Crippen MR) is 77.4 cm³/mol. The molecule has 7 nitrogen and oxygen atoms in total. The van der Waals surface area contributed by atoms with Crippen molar-refractivity contribution in [2.75, 3.05) is 0 Å². The van der Waals surface area contributed by atoms with Gasteiger partial charge in [0.1, 0.15) is 6.54 Å². The molecule has 1 amide bonds. The highest BCUT2D eigenvalue weighted by molar-refractivity contribution is 5.81. The summed E-state index contributed by atoms with van der Waals surface area (Å²) in [5, 5.41) is 0. The van der Waals surface area contributed by atoms with Gasteiger partial charge in [-0.25, -0.2) is 9.78 Å². The maximum absolute atomic E-state index is 12.1. The lowest BCUT2D eigenvalue weighted by atomic mass is 10.1. The Balaban J connectivity index is 2.25. The summed E-state index contributed by atoms with van der Waals surface area (Å²) < 4.78 is 2.72. The molecule has 3 rings (SSSR count). The van der Waals surface area contributed by atoms with Gasteiger partial charge in [-0.15, -0.1) is 0 Å². The molecular formula is C14H13N5O2. The average Bonchev–Trinajstić information content (AvgIpc) is 2.72. The number of primary amides is 1. The van der Waals surface area contributed by atoms with Crippen LogP contribution in [-0.2, 0) is 18.4 Å². The zero-order valence-electron chi connectivity index (χ0n) is 11.4. The van der Waals surface area contributed by atoms with Crippen LogP contribution in [0.1, 0.15) is 0 Å². The number of pyridine rings is 2. The number of imidazole rings is 1. The van der Waals surface area contributed by atoms with Crippen LogP contribution in [0.5, 0.6) is 0 Å². The minimum atomic E-state index is -0.573. The van der Waals surface area contributed by atoms with E-state index in [1.165, 1.54) is 9.13 Å². The fourth-order valence-corrected chi connectivity index (χ4v) is 2.28. The smallest absolute Gasteiger partial charge is 0.330 e. The highest BCUT2D eigenvalue weighted by Gasteiger charge is 2.14. The molecule has 0 saturated carbocycles. The van der Waals surface area contributed by atoms with E-state index < -0.39 is 5.91 Å². The first-order valence-corrected chi connectivity index (χ1v) is 6.32. The van der Waals surface area contributed by atoms with Crippen molar-refractivity contribution < 1.29 is 4.79 Å². The number of hydrogen-bond acceptors (Lipinski definition) is 4. The second kappa shape index (κ2) is 4.86. The number of nitrogens with two attached hydrogens (primary N) is 1. The lowest BCUT2D eigenvalue weighted by Crippen LogP contribution is -2.28. The summed E-state index contributed by atoms with van der Waals surface area (Å²) in [6.45, 7) is -0.172. The van der Waals surface area contributed by atoms with E-state index in [2.05, 4.69) is 9.97 Å². The minimum Gasteiger partial charge on any atom is -0.368 e. The summed E-state index contributed by atoms with van der Waals surface area (Å²) in [5.74, 6) is -0.573. The van der Waals surface area contributed by atoms with Gasteiger partial charge in [-0.1, -0.05) is 6.07 Å². The van der Waals surface area contributed by atoms with Crippen molar-refractivity contribution in [2.45, 2.75) is 6.54 Å². The molecule has 0 aliphatic rings. The van der Waals surface area contributed by atoms with E-state index in [4.69, 9.17) is 5.73 Å². The molecule has 106 valence electrons. The molecule has 0 fully saturated rings. The van der Waals surface area contributed by atoms with Crippen molar-refractivity contribution in [3.05, 3.63) is 47.3 Å². The van der Waals surface area contributed by atoms with Gasteiger partial charge in [-0.3, -0.25) is 18.9 Å². The van der Waals surface area contributed by atoms with Gasteiger partial charge in [-0.2, -0.15) is 0 Å². The summed E-state index contributed by atoms with van der Waals surface area (Å²) >= 11 is 0. The average molecular weight is 283 g/mol. The maximum atomic E-state index is 12.1. The first kappa shape index (κ1) is 13.0. The van der Waals surface area contributed by atoms with Gasteiger partial charge in [0.15, 0.2) is 5.65 Å². The van der Waals surface area contributed by atoms with Gasteiger partial charge in [0, 0.05) is 36.8 Å². The fraction of sp³-hybridized carbons (Fsp3) is 0.143. The van der Waals surface area contributed by atoms with Crippen molar-refractivity contribution in [2.24, 2.45) is 12.8 Å². The monoisotopic (exact) mass is 283 g/mol. The molecule has 2 N–H and O–H groups in total. The molecule has 21 heavy (non-hydrogen) atoms. The zero-order valence-corrected chi connectivity index (χ0v) is 11.4. The van der Waals surface area contributed by atoms with Gasteiger partial charge in [-0.05, 0) is 12.1 Å². The third-order valence-electron chi connectivity index (χ3n) is 3.28. The third-order valence-corrected chi connectivity index (χ3v) is 3.28. The maximum Gasteiger partial charge on any atom is 0.330 e. The molecule has 3 aromatic heterocycles. The largest absolute Gasteiger partial charge is 0.368 e. The zero-order chi connectivity index (χ0) is 15.0. The molecule has 0 spiro atoms. The van der Waals surface area contributed by atoms with Crippen LogP contribution in [0, 0.1) is 0 Å². The summed E-state index contributed by atoms with van der Waals surface area (Å²) in [6.07, 6.45) is 5.07. The summed E-state index contributed by atoms with van der Waals surface area (Å²) in [4.78, 5) is 31.7. The fourth-order valence-electron chi connectivity index (χ4n) is 2.28. The SMILES string of the molecule is Cn1c(=O)n(CC(N)=O)c2cc(-c3cccnc3)cnc21. The van der Waals surface area contributed by atoms with Crippen LogP contribution in [-0.4, -0.2) is 25.0 Å². The molecule has 0 aliphatic carbocycles. The molecule has 0 saturated heterocycles.